The van der Waals surface area contributed by atoms with Crippen molar-refractivity contribution in [3.05, 3.63) is 34.4 Å². The summed E-state index contributed by atoms with van der Waals surface area (Å²) in [5.74, 6) is 2.58. The first-order chi connectivity index (χ1) is 7.44. The Morgan fingerprint density at radius 3 is 2.56 bits per heavy atom. The van der Waals surface area contributed by atoms with E-state index in [9.17, 15) is 15.2 Å². The second kappa shape index (κ2) is 4.64. The van der Waals surface area contributed by atoms with Crippen molar-refractivity contribution in [2.45, 2.75) is 12.5 Å². The molecule has 0 spiro atoms. The lowest BCUT2D eigenvalue weighted by Crippen LogP contribution is -2.30. The summed E-state index contributed by atoms with van der Waals surface area (Å²) >= 11 is 0. The van der Waals surface area contributed by atoms with Crippen LogP contribution in [0.3, 0.4) is 0 Å². The molecule has 0 heterocycles. The monoisotopic (exact) mass is 221 g/mol. The van der Waals surface area contributed by atoms with Crippen molar-refractivity contribution in [1.82, 2.24) is 0 Å². The van der Waals surface area contributed by atoms with E-state index in [1.165, 1.54) is 31.2 Å². The Labute approximate surface area is 92.8 Å². The summed E-state index contributed by atoms with van der Waals surface area (Å²) in [7, 11) is 0. The van der Waals surface area contributed by atoms with Gasteiger partial charge in [0, 0.05) is 12.1 Å². The largest absolute Gasteiger partial charge is 0.490 e. The molecule has 0 aromatic heterocycles. The predicted molar refractivity (Wildman–Crippen MR) is 58.0 cm³/mol. The number of benzene rings is 1. The Bertz CT molecular complexity index is 417. The smallest absolute Gasteiger partial charge is 0.269 e. The van der Waals surface area contributed by atoms with Gasteiger partial charge < -0.3 is 9.84 Å². The zero-order valence-corrected chi connectivity index (χ0v) is 8.71. The van der Waals surface area contributed by atoms with E-state index in [-0.39, 0.29) is 12.3 Å². The number of rotatable bonds is 4. The van der Waals surface area contributed by atoms with Crippen LogP contribution < -0.4 is 4.74 Å². The fourth-order valence-electron chi connectivity index (χ4n) is 0.930. The van der Waals surface area contributed by atoms with E-state index in [0.29, 0.717) is 5.75 Å². The first-order valence-corrected chi connectivity index (χ1v) is 4.52. The van der Waals surface area contributed by atoms with E-state index in [1.54, 1.807) is 0 Å². The Balaban J connectivity index is 2.64. The quantitative estimate of drug-likeness (QED) is 0.473. The molecule has 0 aliphatic carbocycles. The molecule has 0 radical (unpaired) electrons. The molecule has 1 aromatic rings. The van der Waals surface area contributed by atoms with Crippen molar-refractivity contribution in [3.8, 4) is 18.1 Å². The number of hydrogen-bond acceptors (Lipinski definition) is 4. The van der Waals surface area contributed by atoms with Crippen LogP contribution in [0.1, 0.15) is 6.92 Å². The van der Waals surface area contributed by atoms with Crippen molar-refractivity contribution in [2.75, 3.05) is 6.61 Å². The van der Waals surface area contributed by atoms with Crippen LogP contribution in [0.4, 0.5) is 5.69 Å². The third-order valence-corrected chi connectivity index (χ3v) is 1.88. The Hall–Kier alpha value is -2.06. The minimum atomic E-state index is -1.35. The van der Waals surface area contributed by atoms with Gasteiger partial charge in [-0.1, -0.05) is 5.92 Å². The van der Waals surface area contributed by atoms with Gasteiger partial charge in [-0.05, 0) is 19.1 Å². The molecular formula is C11H11NO4. The number of ether oxygens (including phenoxy) is 1. The highest BCUT2D eigenvalue weighted by molar-refractivity contribution is 5.36. The van der Waals surface area contributed by atoms with E-state index in [1.807, 2.05) is 0 Å². The number of non-ortho nitro benzene ring substituents is 1. The average Bonchev–Trinajstić information content (AvgIpc) is 2.27. The van der Waals surface area contributed by atoms with Crippen LogP contribution >= 0.6 is 0 Å². The van der Waals surface area contributed by atoms with Crippen molar-refractivity contribution < 1.29 is 14.8 Å². The minimum absolute atomic E-state index is 0.0175. The van der Waals surface area contributed by atoms with E-state index in [2.05, 4.69) is 5.92 Å². The van der Waals surface area contributed by atoms with Gasteiger partial charge in [-0.25, -0.2) is 0 Å². The maximum atomic E-state index is 10.4. The van der Waals surface area contributed by atoms with Crippen LogP contribution in [0.15, 0.2) is 24.3 Å². The van der Waals surface area contributed by atoms with Crippen molar-refractivity contribution in [3.63, 3.8) is 0 Å². The van der Waals surface area contributed by atoms with E-state index < -0.39 is 10.5 Å². The van der Waals surface area contributed by atoms with Crippen molar-refractivity contribution in [1.29, 1.82) is 0 Å². The molecule has 0 saturated carbocycles. The summed E-state index contributed by atoms with van der Waals surface area (Å²) < 4.78 is 5.18. The number of nitrogens with zero attached hydrogens (tertiary/aromatic N) is 1. The summed E-state index contributed by atoms with van der Waals surface area (Å²) in [5, 5.41) is 19.8. The molecule has 0 aliphatic heterocycles. The standard InChI is InChI=1S/C11H11NO4/c1-3-11(2,13)8-16-10-6-4-9(5-7-10)12(14)15/h1,4-7,13H,8H2,2H3. The molecule has 0 amide bonds. The van der Waals surface area contributed by atoms with Crippen LogP contribution in [0.2, 0.25) is 0 Å². The van der Waals surface area contributed by atoms with Gasteiger partial charge in [-0.15, -0.1) is 6.42 Å². The Kier molecular flexibility index (Phi) is 3.48. The maximum Gasteiger partial charge on any atom is 0.269 e. The molecule has 0 saturated heterocycles. The molecule has 1 aromatic carbocycles. The fourth-order valence-corrected chi connectivity index (χ4v) is 0.930. The lowest BCUT2D eigenvalue weighted by molar-refractivity contribution is -0.384. The van der Waals surface area contributed by atoms with Gasteiger partial charge in [-0.3, -0.25) is 10.1 Å². The first kappa shape index (κ1) is 12.0. The van der Waals surface area contributed by atoms with Crippen LogP contribution in [0, 0.1) is 22.5 Å². The number of aliphatic hydroxyl groups is 1. The molecule has 0 bridgehead atoms. The van der Waals surface area contributed by atoms with E-state index in [4.69, 9.17) is 11.2 Å². The summed E-state index contributed by atoms with van der Waals surface area (Å²) in [6.07, 6.45) is 5.06. The Morgan fingerprint density at radius 1 is 1.56 bits per heavy atom. The SMILES string of the molecule is C#CC(C)(O)COc1ccc([N+](=O)[O-])cc1. The van der Waals surface area contributed by atoms with Gasteiger partial charge in [0.25, 0.3) is 5.69 Å². The van der Waals surface area contributed by atoms with Crippen LogP contribution in [-0.4, -0.2) is 22.2 Å². The van der Waals surface area contributed by atoms with Crippen LogP contribution in [0.25, 0.3) is 0 Å². The summed E-state index contributed by atoms with van der Waals surface area (Å²) in [6.45, 7) is 1.37. The molecular weight excluding hydrogens is 210 g/mol. The number of hydrogen-bond donors (Lipinski definition) is 1. The average molecular weight is 221 g/mol. The molecule has 1 N–H and O–H groups in total. The van der Waals surface area contributed by atoms with Gasteiger partial charge in [0.2, 0.25) is 0 Å². The topological polar surface area (TPSA) is 72.6 Å². The first-order valence-electron chi connectivity index (χ1n) is 4.52. The zero-order chi connectivity index (χ0) is 12.2. The van der Waals surface area contributed by atoms with Gasteiger partial charge in [0.1, 0.15) is 12.4 Å². The third kappa shape index (κ3) is 3.26. The molecule has 1 unspecified atom stereocenters. The highest BCUT2D eigenvalue weighted by atomic mass is 16.6. The molecule has 0 fully saturated rings. The summed E-state index contributed by atoms with van der Waals surface area (Å²) in [6, 6.07) is 5.54. The lowest BCUT2D eigenvalue weighted by Gasteiger charge is -2.16. The molecule has 1 rings (SSSR count). The summed E-state index contributed by atoms with van der Waals surface area (Å²) in [5.41, 5.74) is -1.36. The highest BCUT2D eigenvalue weighted by Crippen LogP contribution is 2.18. The second-order valence-electron chi connectivity index (χ2n) is 3.46. The number of terminal acetylenes is 1. The predicted octanol–water partition coefficient (Wildman–Crippen LogP) is 1.36. The minimum Gasteiger partial charge on any atom is -0.490 e. The van der Waals surface area contributed by atoms with Gasteiger partial charge in [0.15, 0.2) is 5.60 Å². The fraction of sp³-hybridized carbons (Fsp3) is 0.273. The van der Waals surface area contributed by atoms with Crippen LogP contribution in [-0.2, 0) is 0 Å². The zero-order valence-electron chi connectivity index (χ0n) is 8.71. The molecule has 5 nitrogen and oxygen atoms in total. The number of nitro benzene ring substituents is 1. The molecule has 0 aliphatic rings. The lowest BCUT2D eigenvalue weighted by atomic mass is 10.1. The van der Waals surface area contributed by atoms with Crippen LogP contribution in [0.5, 0.6) is 5.75 Å². The second-order valence-corrected chi connectivity index (χ2v) is 3.46. The molecule has 1 atom stereocenters. The molecule has 16 heavy (non-hydrogen) atoms. The molecule has 84 valence electrons. The summed E-state index contributed by atoms with van der Waals surface area (Å²) in [4.78, 5) is 9.88. The number of nitro groups is 1. The van der Waals surface area contributed by atoms with Gasteiger partial charge in [-0.2, -0.15) is 0 Å². The van der Waals surface area contributed by atoms with Gasteiger partial charge >= 0.3 is 0 Å². The van der Waals surface area contributed by atoms with Crippen molar-refractivity contribution >= 4 is 5.69 Å². The van der Waals surface area contributed by atoms with Crippen molar-refractivity contribution in [2.24, 2.45) is 0 Å². The normalized spacial score (nSPS) is 13.6. The van der Waals surface area contributed by atoms with E-state index in [0.717, 1.165) is 0 Å². The molecule has 5 heteroatoms. The highest BCUT2D eigenvalue weighted by Gasteiger charge is 2.17. The Morgan fingerprint density at radius 2 is 2.12 bits per heavy atom. The third-order valence-electron chi connectivity index (χ3n) is 1.88. The van der Waals surface area contributed by atoms with Gasteiger partial charge in [0.05, 0.1) is 4.92 Å². The maximum absolute atomic E-state index is 10.4. The van der Waals surface area contributed by atoms with E-state index >= 15 is 0 Å².